The van der Waals surface area contributed by atoms with Gasteiger partial charge >= 0.3 is 0 Å². The Balaban J connectivity index is 1.71. The first kappa shape index (κ1) is 11.7. The summed E-state index contributed by atoms with van der Waals surface area (Å²) < 4.78 is 0. The number of fused-ring (bicyclic) bond motifs is 1. The molecular formula is C20H18. The van der Waals surface area contributed by atoms with E-state index in [9.17, 15) is 0 Å². The zero-order valence-electron chi connectivity index (χ0n) is 11.7. The Labute approximate surface area is 120 Å². The predicted molar refractivity (Wildman–Crippen MR) is 85.2 cm³/mol. The van der Waals surface area contributed by atoms with Crippen LogP contribution in [0.3, 0.4) is 0 Å². The lowest BCUT2D eigenvalue weighted by molar-refractivity contribution is 1.02. The van der Waals surface area contributed by atoms with Crippen LogP contribution in [-0.4, -0.2) is 0 Å². The number of allylic oxidation sites excluding steroid dienone is 4. The number of aryl methyl sites for hydroxylation is 1. The number of benzene rings is 2. The lowest BCUT2D eigenvalue weighted by atomic mass is 9.90. The van der Waals surface area contributed by atoms with Crippen molar-refractivity contribution in [2.75, 3.05) is 0 Å². The molecule has 1 saturated carbocycles. The monoisotopic (exact) mass is 258 g/mol. The van der Waals surface area contributed by atoms with Crippen molar-refractivity contribution in [3.05, 3.63) is 83.4 Å². The third kappa shape index (κ3) is 1.92. The average Bonchev–Trinajstić information content (AvgIpc) is 3.28. The standard InChI is InChI=1S/C20H18/c1-14-7-9-16(10-8-14)18-12-11-17(19-13-20(18)19)15-5-3-2-4-6-15/h2-12,19-20H,13H2,1H3. The average molecular weight is 258 g/mol. The molecule has 0 aromatic heterocycles. The van der Waals surface area contributed by atoms with E-state index in [1.807, 2.05) is 0 Å². The Morgan fingerprint density at radius 3 is 1.85 bits per heavy atom. The van der Waals surface area contributed by atoms with Gasteiger partial charge in [-0.15, -0.1) is 0 Å². The molecule has 2 aromatic rings. The molecule has 0 amide bonds. The van der Waals surface area contributed by atoms with Crippen LogP contribution in [0.1, 0.15) is 23.1 Å². The first-order valence-electron chi connectivity index (χ1n) is 7.37. The fourth-order valence-corrected chi connectivity index (χ4v) is 3.31. The van der Waals surface area contributed by atoms with Gasteiger partial charge in [-0.1, -0.05) is 72.3 Å². The second kappa shape index (κ2) is 4.49. The van der Waals surface area contributed by atoms with E-state index in [-0.39, 0.29) is 0 Å². The van der Waals surface area contributed by atoms with Gasteiger partial charge in [0, 0.05) is 0 Å². The highest BCUT2D eigenvalue weighted by atomic mass is 14.5. The van der Waals surface area contributed by atoms with Gasteiger partial charge in [0.2, 0.25) is 0 Å². The molecule has 0 heterocycles. The van der Waals surface area contributed by atoms with Crippen LogP contribution < -0.4 is 0 Å². The maximum atomic E-state index is 2.33. The van der Waals surface area contributed by atoms with Crippen LogP contribution in [0.15, 0.2) is 66.7 Å². The summed E-state index contributed by atoms with van der Waals surface area (Å²) in [7, 11) is 0. The largest absolute Gasteiger partial charge is 0.0622 e. The summed E-state index contributed by atoms with van der Waals surface area (Å²) in [5.41, 5.74) is 7.16. The van der Waals surface area contributed by atoms with Gasteiger partial charge in [-0.05, 0) is 47.5 Å². The molecule has 0 N–H and O–H groups in total. The highest BCUT2D eigenvalue weighted by molar-refractivity contribution is 5.84. The van der Waals surface area contributed by atoms with Gasteiger partial charge in [0.15, 0.2) is 0 Å². The van der Waals surface area contributed by atoms with Crippen molar-refractivity contribution >= 4 is 11.1 Å². The van der Waals surface area contributed by atoms with E-state index in [1.54, 1.807) is 0 Å². The predicted octanol–water partition coefficient (Wildman–Crippen LogP) is 5.11. The Bertz CT molecular complexity index is 687. The second-order valence-corrected chi connectivity index (χ2v) is 5.92. The van der Waals surface area contributed by atoms with Gasteiger partial charge in [-0.25, -0.2) is 0 Å². The molecule has 0 saturated heterocycles. The van der Waals surface area contributed by atoms with E-state index >= 15 is 0 Å². The molecule has 0 bridgehead atoms. The van der Waals surface area contributed by atoms with E-state index in [0.717, 1.165) is 11.8 Å². The third-order valence-corrected chi connectivity index (χ3v) is 4.52. The lowest BCUT2D eigenvalue weighted by Crippen LogP contribution is -1.97. The minimum atomic E-state index is 0.734. The van der Waals surface area contributed by atoms with Gasteiger partial charge in [-0.3, -0.25) is 0 Å². The van der Waals surface area contributed by atoms with E-state index in [1.165, 1.54) is 34.3 Å². The highest BCUT2D eigenvalue weighted by Gasteiger charge is 2.44. The van der Waals surface area contributed by atoms with Gasteiger partial charge in [0.25, 0.3) is 0 Å². The molecule has 0 spiro atoms. The lowest BCUT2D eigenvalue weighted by Gasteiger charge is -2.15. The SMILES string of the molecule is Cc1ccc(C2=CC=C(c3ccccc3)C3CC23)cc1. The molecule has 4 rings (SSSR count). The molecule has 2 atom stereocenters. The molecule has 0 radical (unpaired) electrons. The summed E-state index contributed by atoms with van der Waals surface area (Å²) >= 11 is 0. The zero-order valence-corrected chi connectivity index (χ0v) is 11.7. The van der Waals surface area contributed by atoms with Crippen molar-refractivity contribution in [3.8, 4) is 0 Å². The molecular weight excluding hydrogens is 240 g/mol. The van der Waals surface area contributed by atoms with Crippen LogP contribution in [0.25, 0.3) is 11.1 Å². The Hall–Kier alpha value is -2.08. The van der Waals surface area contributed by atoms with Crippen LogP contribution in [-0.2, 0) is 0 Å². The fraction of sp³-hybridized carbons (Fsp3) is 0.200. The molecule has 0 nitrogen and oxygen atoms in total. The van der Waals surface area contributed by atoms with Crippen molar-refractivity contribution in [3.63, 3.8) is 0 Å². The second-order valence-electron chi connectivity index (χ2n) is 5.92. The van der Waals surface area contributed by atoms with E-state index in [0.29, 0.717) is 0 Å². The maximum Gasteiger partial charge on any atom is -0.00807 e. The Morgan fingerprint density at radius 2 is 1.25 bits per heavy atom. The third-order valence-electron chi connectivity index (χ3n) is 4.52. The molecule has 0 heteroatoms. The van der Waals surface area contributed by atoms with Crippen LogP contribution >= 0.6 is 0 Å². The number of hydrogen-bond acceptors (Lipinski definition) is 0. The summed E-state index contributed by atoms with van der Waals surface area (Å²) in [6.07, 6.45) is 5.97. The fourth-order valence-electron chi connectivity index (χ4n) is 3.31. The quantitative estimate of drug-likeness (QED) is 0.702. The van der Waals surface area contributed by atoms with Crippen molar-refractivity contribution in [2.24, 2.45) is 11.8 Å². The smallest absolute Gasteiger partial charge is 0.00807 e. The normalized spacial score (nSPS) is 23.6. The first-order valence-corrected chi connectivity index (χ1v) is 7.37. The Morgan fingerprint density at radius 1 is 0.700 bits per heavy atom. The highest BCUT2D eigenvalue weighted by Crippen LogP contribution is 2.57. The van der Waals surface area contributed by atoms with Crippen LogP contribution in [0.5, 0.6) is 0 Å². The molecule has 0 aliphatic heterocycles. The molecule has 20 heavy (non-hydrogen) atoms. The summed E-state index contributed by atoms with van der Waals surface area (Å²) in [5, 5.41) is 0. The van der Waals surface area contributed by atoms with Crippen LogP contribution in [0, 0.1) is 18.8 Å². The number of rotatable bonds is 2. The van der Waals surface area contributed by atoms with E-state index in [4.69, 9.17) is 0 Å². The molecule has 2 aliphatic carbocycles. The van der Waals surface area contributed by atoms with Crippen molar-refractivity contribution < 1.29 is 0 Å². The molecule has 2 unspecified atom stereocenters. The molecule has 1 fully saturated rings. The summed E-state index contributed by atoms with van der Waals surface area (Å²) in [6.45, 7) is 2.15. The van der Waals surface area contributed by atoms with Crippen LogP contribution in [0.4, 0.5) is 0 Å². The molecule has 98 valence electrons. The molecule has 2 aromatic carbocycles. The number of hydrogen-bond donors (Lipinski definition) is 0. The van der Waals surface area contributed by atoms with Gasteiger partial charge in [0.05, 0.1) is 0 Å². The van der Waals surface area contributed by atoms with Crippen molar-refractivity contribution in [1.82, 2.24) is 0 Å². The summed E-state index contributed by atoms with van der Waals surface area (Å²) in [4.78, 5) is 0. The summed E-state index contributed by atoms with van der Waals surface area (Å²) in [6, 6.07) is 19.8. The minimum Gasteiger partial charge on any atom is -0.0622 e. The summed E-state index contributed by atoms with van der Waals surface area (Å²) in [5.74, 6) is 1.47. The van der Waals surface area contributed by atoms with Gasteiger partial charge in [0.1, 0.15) is 0 Å². The minimum absolute atomic E-state index is 0.734. The maximum absolute atomic E-state index is 2.33. The van der Waals surface area contributed by atoms with E-state index < -0.39 is 0 Å². The van der Waals surface area contributed by atoms with Crippen molar-refractivity contribution in [2.45, 2.75) is 13.3 Å². The van der Waals surface area contributed by atoms with Crippen molar-refractivity contribution in [1.29, 1.82) is 0 Å². The first-order chi connectivity index (χ1) is 9.83. The van der Waals surface area contributed by atoms with Crippen LogP contribution in [0.2, 0.25) is 0 Å². The topological polar surface area (TPSA) is 0 Å². The molecule has 2 aliphatic rings. The Kier molecular flexibility index (Phi) is 2.63. The van der Waals surface area contributed by atoms with Gasteiger partial charge in [-0.2, -0.15) is 0 Å². The zero-order chi connectivity index (χ0) is 13.5. The van der Waals surface area contributed by atoms with Gasteiger partial charge < -0.3 is 0 Å². The van der Waals surface area contributed by atoms with E-state index in [2.05, 4.69) is 73.7 Å².